The van der Waals surface area contributed by atoms with Crippen molar-refractivity contribution in [3.63, 3.8) is 0 Å². The maximum atomic E-state index is 12.1. The minimum Gasteiger partial charge on any atom is -0.326 e. The number of benzene rings is 1. The largest absolute Gasteiger partial charge is 0.326 e. The van der Waals surface area contributed by atoms with Gasteiger partial charge < -0.3 is 10.3 Å². The van der Waals surface area contributed by atoms with Crippen molar-refractivity contribution in [2.24, 2.45) is 0 Å². The molecule has 0 saturated carbocycles. The van der Waals surface area contributed by atoms with Crippen LogP contribution in [0.15, 0.2) is 23.0 Å². The summed E-state index contributed by atoms with van der Waals surface area (Å²) in [6, 6.07) is 5.28. The Morgan fingerprint density at radius 2 is 2.05 bits per heavy atom. The Labute approximate surface area is 127 Å². The molecule has 0 aliphatic heterocycles. The van der Waals surface area contributed by atoms with E-state index in [-0.39, 0.29) is 17.9 Å². The molecule has 0 atom stereocenters. The number of halogens is 1. The van der Waals surface area contributed by atoms with Crippen molar-refractivity contribution in [3.05, 3.63) is 56.2 Å². The van der Waals surface area contributed by atoms with Crippen molar-refractivity contribution in [1.29, 1.82) is 0 Å². The van der Waals surface area contributed by atoms with E-state index < -0.39 is 0 Å². The molecule has 5 nitrogen and oxygen atoms in total. The van der Waals surface area contributed by atoms with Crippen molar-refractivity contribution >= 4 is 23.2 Å². The average molecular weight is 306 g/mol. The Kier molecular flexibility index (Phi) is 4.43. The molecule has 0 aliphatic rings. The Balaban J connectivity index is 2.20. The summed E-state index contributed by atoms with van der Waals surface area (Å²) in [5.74, 6) is 0.256. The number of nitrogens with zero attached hydrogens (tertiary/aromatic N) is 1. The maximum Gasteiger partial charge on any atom is 0.254 e. The molecule has 1 aromatic heterocycles. The number of aromatic nitrogens is 2. The summed E-state index contributed by atoms with van der Waals surface area (Å²) in [4.78, 5) is 30.7. The normalized spacial score (nSPS) is 10.5. The number of aryl methyl sites for hydroxylation is 2. The number of carbonyl (C=O) groups is 1. The van der Waals surface area contributed by atoms with Gasteiger partial charge in [-0.2, -0.15) is 0 Å². The summed E-state index contributed by atoms with van der Waals surface area (Å²) >= 11 is 6.01. The molecule has 0 spiro atoms. The van der Waals surface area contributed by atoms with Gasteiger partial charge in [0.05, 0.1) is 6.42 Å². The molecule has 0 unspecified atom stereocenters. The molecule has 0 saturated heterocycles. The summed E-state index contributed by atoms with van der Waals surface area (Å²) in [5, 5.41) is 3.35. The smallest absolute Gasteiger partial charge is 0.254 e. The number of H-pyrrole nitrogens is 1. The molecule has 0 bridgehead atoms. The molecule has 1 amide bonds. The number of hydrogen-bond acceptors (Lipinski definition) is 3. The summed E-state index contributed by atoms with van der Waals surface area (Å²) in [6.07, 6.45) is -0.0274. The molecule has 1 heterocycles. The molecule has 0 fully saturated rings. The highest BCUT2D eigenvalue weighted by Crippen LogP contribution is 2.22. The minimum absolute atomic E-state index is 0.0274. The van der Waals surface area contributed by atoms with Gasteiger partial charge in [-0.25, -0.2) is 4.98 Å². The number of anilines is 1. The van der Waals surface area contributed by atoms with Crippen molar-refractivity contribution < 1.29 is 4.79 Å². The van der Waals surface area contributed by atoms with Crippen molar-refractivity contribution in [2.75, 3.05) is 5.32 Å². The Hall–Kier alpha value is -2.14. The second-order valence-electron chi connectivity index (χ2n) is 4.85. The van der Waals surface area contributed by atoms with Gasteiger partial charge in [-0.05, 0) is 38.5 Å². The van der Waals surface area contributed by atoms with E-state index >= 15 is 0 Å². The number of nitrogens with one attached hydrogen (secondary N) is 2. The Morgan fingerprint density at radius 3 is 2.71 bits per heavy atom. The summed E-state index contributed by atoms with van der Waals surface area (Å²) < 4.78 is 0. The Bertz CT molecular complexity index is 753. The fraction of sp³-hybridized carbons (Fsp3) is 0.267. The van der Waals surface area contributed by atoms with Gasteiger partial charge in [0.25, 0.3) is 5.56 Å². The molecular formula is C15H16ClN3O2. The van der Waals surface area contributed by atoms with E-state index in [1.54, 1.807) is 32.0 Å². The van der Waals surface area contributed by atoms with Crippen LogP contribution in [-0.4, -0.2) is 15.9 Å². The first-order valence-corrected chi connectivity index (χ1v) is 6.87. The second kappa shape index (κ2) is 6.10. The van der Waals surface area contributed by atoms with E-state index in [1.807, 2.05) is 6.92 Å². The minimum atomic E-state index is -0.280. The molecule has 6 heteroatoms. The van der Waals surface area contributed by atoms with Crippen LogP contribution < -0.4 is 10.9 Å². The van der Waals surface area contributed by atoms with Gasteiger partial charge in [0.15, 0.2) is 0 Å². The molecule has 0 radical (unpaired) electrons. The third-order valence-corrected chi connectivity index (χ3v) is 3.63. The number of amides is 1. The van der Waals surface area contributed by atoms with Crippen LogP contribution in [0, 0.1) is 20.8 Å². The standard InChI is InChI=1S/C15H16ClN3O2/c1-8-12(16)5-4-6-13(8)19-14(20)7-11-9(2)17-10(3)18-15(11)21/h4-6H,7H2,1-3H3,(H,19,20)(H,17,18,21). The molecule has 21 heavy (non-hydrogen) atoms. The van der Waals surface area contributed by atoms with Crippen LogP contribution in [0.25, 0.3) is 0 Å². The SMILES string of the molecule is Cc1nc(C)c(CC(=O)Nc2cccc(Cl)c2C)c(=O)[nH]1. The third kappa shape index (κ3) is 3.49. The molecular weight excluding hydrogens is 290 g/mol. The van der Waals surface area contributed by atoms with Crippen molar-refractivity contribution in [3.8, 4) is 0 Å². The van der Waals surface area contributed by atoms with Gasteiger partial charge in [0.2, 0.25) is 5.91 Å². The zero-order chi connectivity index (χ0) is 15.6. The van der Waals surface area contributed by atoms with E-state index in [9.17, 15) is 9.59 Å². The summed E-state index contributed by atoms with van der Waals surface area (Å²) in [6.45, 7) is 5.24. The van der Waals surface area contributed by atoms with Gasteiger partial charge in [0, 0.05) is 22.0 Å². The zero-order valence-electron chi connectivity index (χ0n) is 12.1. The fourth-order valence-corrected chi connectivity index (χ4v) is 2.23. The van der Waals surface area contributed by atoms with Gasteiger partial charge in [-0.3, -0.25) is 9.59 Å². The summed E-state index contributed by atoms with van der Waals surface area (Å²) in [7, 11) is 0. The number of rotatable bonds is 3. The van der Waals surface area contributed by atoms with E-state index in [4.69, 9.17) is 11.6 Å². The lowest BCUT2D eigenvalue weighted by Crippen LogP contribution is -2.24. The summed E-state index contributed by atoms with van der Waals surface area (Å²) in [5.41, 5.74) is 2.09. The van der Waals surface area contributed by atoms with Crippen LogP contribution in [0.4, 0.5) is 5.69 Å². The topological polar surface area (TPSA) is 74.8 Å². The van der Waals surface area contributed by atoms with Crippen LogP contribution in [0.2, 0.25) is 5.02 Å². The van der Waals surface area contributed by atoms with E-state index in [0.29, 0.717) is 27.8 Å². The monoisotopic (exact) mass is 305 g/mol. The number of carbonyl (C=O) groups excluding carboxylic acids is 1. The van der Waals surface area contributed by atoms with E-state index in [0.717, 1.165) is 5.56 Å². The third-order valence-electron chi connectivity index (χ3n) is 3.22. The predicted octanol–water partition coefficient (Wildman–Crippen LogP) is 2.53. The predicted molar refractivity (Wildman–Crippen MR) is 82.9 cm³/mol. The van der Waals surface area contributed by atoms with Crippen LogP contribution in [-0.2, 0) is 11.2 Å². The molecule has 2 N–H and O–H groups in total. The highest BCUT2D eigenvalue weighted by Gasteiger charge is 2.13. The molecule has 1 aromatic carbocycles. The van der Waals surface area contributed by atoms with Crippen LogP contribution in [0.3, 0.4) is 0 Å². The van der Waals surface area contributed by atoms with Gasteiger partial charge in [-0.1, -0.05) is 17.7 Å². The fourth-order valence-electron chi connectivity index (χ4n) is 2.06. The molecule has 2 aromatic rings. The number of hydrogen-bond donors (Lipinski definition) is 2. The average Bonchev–Trinajstić information content (AvgIpc) is 2.39. The van der Waals surface area contributed by atoms with Gasteiger partial charge >= 0.3 is 0 Å². The highest BCUT2D eigenvalue weighted by atomic mass is 35.5. The lowest BCUT2D eigenvalue weighted by molar-refractivity contribution is -0.115. The zero-order valence-corrected chi connectivity index (χ0v) is 12.8. The van der Waals surface area contributed by atoms with E-state index in [2.05, 4.69) is 15.3 Å². The van der Waals surface area contributed by atoms with Gasteiger partial charge in [0.1, 0.15) is 5.82 Å². The molecule has 110 valence electrons. The Morgan fingerprint density at radius 1 is 1.33 bits per heavy atom. The maximum absolute atomic E-state index is 12.1. The highest BCUT2D eigenvalue weighted by molar-refractivity contribution is 6.31. The lowest BCUT2D eigenvalue weighted by atomic mass is 10.1. The molecule has 2 rings (SSSR count). The van der Waals surface area contributed by atoms with Crippen molar-refractivity contribution in [2.45, 2.75) is 27.2 Å². The first-order valence-electron chi connectivity index (χ1n) is 6.50. The first-order chi connectivity index (χ1) is 9.88. The van der Waals surface area contributed by atoms with Crippen LogP contribution >= 0.6 is 11.6 Å². The quantitative estimate of drug-likeness (QED) is 0.915. The second-order valence-corrected chi connectivity index (χ2v) is 5.26. The van der Waals surface area contributed by atoms with Crippen LogP contribution in [0.1, 0.15) is 22.6 Å². The lowest BCUT2D eigenvalue weighted by Gasteiger charge is -2.10. The van der Waals surface area contributed by atoms with E-state index in [1.165, 1.54) is 0 Å². The van der Waals surface area contributed by atoms with Gasteiger partial charge in [-0.15, -0.1) is 0 Å². The van der Waals surface area contributed by atoms with Crippen molar-refractivity contribution in [1.82, 2.24) is 9.97 Å². The first kappa shape index (κ1) is 15.3. The molecule has 0 aliphatic carbocycles. The van der Waals surface area contributed by atoms with Crippen LogP contribution in [0.5, 0.6) is 0 Å². The number of aromatic amines is 1.